The van der Waals surface area contributed by atoms with Crippen molar-refractivity contribution < 1.29 is 4.92 Å². The van der Waals surface area contributed by atoms with Gasteiger partial charge in [0.05, 0.1) is 4.92 Å². The van der Waals surface area contributed by atoms with Crippen LogP contribution in [0.3, 0.4) is 0 Å². The molecule has 0 radical (unpaired) electrons. The molecule has 19 heavy (non-hydrogen) atoms. The van der Waals surface area contributed by atoms with Crippen molar-refractivity contribution in [2.24, 2.45) is 5.41 Å². The van der Waals surface area contributed by atoms with E-state index in [9.17, 15) is 10.1 Å². The van der Waals surface area contributed by atoms with Crippen LogP contribution in [0.5, 0.6) is 0 Å². The monoisotopic (exact) mass is 284 g/mol. The number of anilines is 1. The van der Waals surface area contributed by atoms with Crippen molar-refractivity contribution in [2.75, 3.05) is 18.0 Å². The summed E-state index contributed by atoms with van der Waals surface area (Å²) in [5, 5.41) is 11.0. The fourth-order valence-electron chi connectivity index (χ4n) is 2.37. The lowest BCUT2D eigenvalue weighted by Crippen LogP contribution is -2.27. The maximum Gasteiger partial charge on any atom is 0.348 e. The highest BCUT2D eigenvalue weighted by Crippen LogP contribution is 2.35. The molecule has 0 aliphatic carbocycles. The molecule has 0 spiro atoms. The van der Waals surface area contributed by atoms with Crippen LogP contribution in [-0.4, -0.2) is 28.0 Å². The zero-order chi connectivity index (χ0) is 14.0. The summed E-state index contributed by atoms with van der Waals surface area (Å²) in [6.07, 6.45) is 4.36. The number of nitro groups is 1. The van der Waals surface area contributed by atoms with Crippen molar-refractivity contribution in [3.05, 3.63) is 21.6 Å². The Labute approximate surface area is 117 Å². The lowest BCUT2D eigenvalue weighted by atomic mass is 9.85. The third kappa shape index (κ3) is 3.12. The summed E-state index contributed by atoms with van der Waals surface area (Å²) >= 11 is 5.82. The molecule has 0 unspecified atom stereocenters. The van der Waals surface area contributed by atoms with Crippen LogP contribution in [-0.2, 0) is 0 Å². The largest absolute Gasteiger partial charge is 0.351 e. The molecule has 0 N–H and O–H groups in total. The van der Waals surface area contributed by atoms with E-state index in [1.54, 1.807) is 0 Å². The number of nitrogens with zero attached hydrogens (tertiary/aromatic N) is 4. The average molecular weight is 285 g/mol. The molecule has 6 nitrogen and oxygen atoms in total. The van der Waals surface area contributed by atoms with Crippen LogP contribution < -0.4 is 4.90 Å². The number of halogens is 1. The number of aromatic nitrogens is 2. The van der Waals surface area contributed by atoms with Crippen molar-refractivity contribution >= 4 is 23.1 Å². The quantitative estimate of drug-likeness (QED) is 0.474. The zero-order valence-corrected chi connectivity index (χ0v) is 11.9. The molecule has 1 aliphatic rings. The van der Waals surface area contributed by atoms with E-state index in [-0.39, 0.29) is 16.3 Å². The second kappa shape index (κ2) is 5.28. The summed E-state index contributed by atoms with van der Waals surface area (Å²) in [4.78, 5) is 20.3. The normalized spacial score (nSPS) is 19.0. The average Bonchev–Trinajstić information content (AvgIpc) is 2.49. The van der Waals surface area contributed by atoms with Crippen LogP contribution in [0, 0.1) is 15.5 Å². The first-order valence-corrected chi connectivity index (χ1v) is 6.68. The summed E-state index contributed by atoms with van der Waals surface area (Å²) in [5.74, 6) is 0.336. The molecular formula is C12H17ClN4O2. The van der Waals surface area contributed by atoms with Crippen LogP contribution in [0.2, 0.25) is 5.15 Å². The minimum Gasteiger partial charge on any atom is -0.351 e. The Kier molecular flexibility index (Phi) is 3.89. The van der Waals surface area contributed by atoms with E-state index in [2.05, 4.69) is 23.8 Å². The summed E-state index contributed by atoms with van der Waals surface area (Å²) in [6.45, 7) is 5.95. The molecule has 0 bridgehead atoms. The summed E-state index contributed by atoms with van der Waals surface area (Å²) in [6, 6.07) is 0. The third-order valence-electron chi connectivity index (χ3n) is 3.58. The van der Waals surface area contributed by atoms with E-state index in [0.29, 0.717) is 5.82 Å². The highest BCUT2D eigenvalue weighted by molar-refractivity contribution is 6.31. The Bertz CT molecular complexity index is 493. The molecule has 2 rings (SSSR count). The topological polar surface area (TPSA) is 72.2 Å². The van der Waals surface area contributed by atoms with Gasteiger partial charge in [0, 0.05) is 13.1 Å². The first-order valence-electron chi connectivity index (χ1n) is 6.30. The lowest BCUT2D eigenvalue weighted by Gasteiger charge is -2.23. The first-order chi connectivity index (χ1) is 8.91. The smallest absolute Gasteiger partial charge is 0.348 e. The fourth-order valence-corrected chi connectivity index (χ4v) is 2.57. The van der Waals surface area contributed by atoms with Crippen LogP contribution in [0.15, 0.2) is 6.33 Å². The van der Waals surface area contributed by atoms with Crippen LogP contribution in [0.25, 0.3) is 0 Å². The van der Waals surface area contributed by atoms with Crippen molar-refractivity contribution in [3.63, 3.8) is 0 Å². The Hall–Kier alpha value is -1.43. The highest BCUT2D eigenvalue weighted by Gasteiger charge is 2.29. The molecule has 1 aromatic rings. The Balaban J connectivity index is 2.32. The van der Waals surface area contributed by atoms with Gasteiger partial charge in [0.1, 0.15) is 6.33 Å². The van der Waals surface area contributed by atoms with Gasteiger partial charge in [-0.05, 0) is 24.7 Å². The molecule has 0 saturated carbocycles. The number of rotatable bonds is 2. The van der Waals surface area contributed by atoms with Crippen molar-refractivity contribution in [1.82, 2.24) is 9.97 Å². The molecule has 2 heterocycles. The molecule has 1 aliphatic heterocycles. The summed E-state index contributed by atoms with van der Waals surface area (Å²) in [5.41, 5.74) is 0.0734. The van der Waals surface area contributed by atoms with Gasteiger partial charge in [-0.15, -0.1) is 0 Å². The third-order valence-corrected chi connectivity index (χ3v) is 3.86. The molecule has 1 saturated heterocycles. The van der Waals surface area contributed by atoms with Crippen molar-refractivity contribution in [3.8, 4) is 0 Å². The Morgan fingerprint density at radius 1 is 1.37 bits per heavy atom. The molecule has 1 fully saturated rings. The van der Waals surface area contributed by atoms with Gasteiger partial charge >= 0.3 is 5.69 Å². The summed E-state index contributed by atoms with van der Waals surface area (Å²) < 4.78 is 0. The van der Waals surface area contributed by atoms with Gasteiger partial charge in [0.15, 0.2) is 0 Å². The minimum atomic E-state index is -0.506. The van der Waals surface area contributed by atoms with Gasteiger partial charge in [-0.3, -0.25) is 10.1 Å². The molecule has 0 aromatic carbocycles. The maximum absolute atomic E-state index is 11.1. The van der Waals surface area contributed by atoms with E-state index in [1.807, 2.05) is 4.90 Å². The van der Waals surface area contributed by atoms with Crippen LogP contribution in [0.4, 0.5) is 11.5 Å². The molecule has 104 valence electrons. The second-order valence-electron chi connectivity index (χ2n) is 5.60. The highest BCUT2D eigenvalue weighted by atomic mass is 35.5. The van der Waals surface area contributed by atoms with Crippen LogP contribution >= 0.6 is 11.6 Å². The SMILES string of the molecule is CC1(C)CCCN(c2ncnc(Cl)c2[N+](=O)[O-])CC1. The van der Waals surface area contributed by atoms with Crippen LogP contribution in [0.1, 0.15) is 33.1 Å². The van der Waals surface area contributed by atoms with Crippen molar-refractivity contribution in [1.29, 1.82) is 0 Å². The van der Waals surface area contributed by atoms with E-state index < -0.39 is 4.92 Å². The standard InChI is InChI=1S/C12H17ClN4O2/c1-12(2)4-3-6-16(7-5-12)11-9(17(18)19)10(13)14-8-15-11/h8H,3-7H2,1-2H3. The molecular weight excluding hydrogens is 268 g/mol. The number of hydrogen-bond donors (Lipinski definition) is 0. The maximum atomic E-state index is 11.1. The Morgan fingerprint density at radius 2 is 2.11 bits per heavy atom. The van der Waals surface area contributed by atoms with E-state index in [4.69, 9.17) is 11.6 Å². The van der Waals surface area contributed by atoms with E-state index in [1.165, 1.54) is 6.33 Å². The van der Waals surface area contributed by atoms with Gasteiger partial charge in [0.2, 0.25) is 11.0 Å². The van der Waals surface area contributed by atoms with Gasteiger partial charge in [-0.25, -0.2) is 9.97 Å². The fraction of sp³-hybridized carbons (Fsp3) is 0.667. The van der Waals surface area contributed by atoms with E-state index in [0.717, 1.165) is 32.4 Å². The second-order valence-corrected chi connectivity index (χ2v) is 5.96. The van der Waals surface area contributed by atoms with Crippen molar-refractivity contribution in [2.45, 2.75) is 33.1 Å². The van der Waals surface area contributed by atoms with Gasteiger partial charge in [0.25, 0.3) is 0 Å². The minimum absolute atomic E-state index is 0.0986. The Morgan fingerprint density at radius 3 is 2.79 bits per heavy atom. The number of hydrogen-bond acceptors (Lipinski definition) is 5. The van der Waals surface area contributed by atoms with E-state index >= 15 is 0 Å². The van der Waals surface area contributed by atoms with Gasteiger partial charge in [-0.2, -0.15) is 0 Å². The lowest BCUT2D eigenvalue weighted by molar-refractivity contribution is -0.384. The zero-order valence-electron chi connectivity index (χ0n) is 11.1. The molecule has 1 aromatic heterocycles. The molecule has 0 amide bonds. The van der Waals surface area contributed by atoms with Gasteiger partial charge < -0.3 is 4.90 Å². The van der Waals surface area contributed by atoms with Gasteiger partial charge in [-0.1, -0.05) is 25.4 Å². The molecule has 7 heteroatoms. The summed E-state index contributed by atoms with van der Waals surface area (Å²) in [7, 11) is 0. The predicted octanol–water partition coefficient (Wildman–Crippen LogP) is 3.05. The molecule has 0 atom stereocenters. The predicted molar refractivity (Wildman–Crippen MR) is 73.5 cm³/mol. The first kappa shape index (κ1) is 14.0.